The highest BCUT2D eigenvalue weighted by atomic mass is 32.1. The van der Waals surface area contributed by atoms with Gasteiger partial charge in [0.25, 0.3) is 0 Å². The number of fused-ring (bicyclic) bond motifs is 1. The summed E-state index contributed by atoms with van der Waals surface area (Å²) in [5, 5.41) is 15.2. The highest BCUT2D eigenvalue weighted by Crippen LogP contribution is 2.32. The predicted octanol–water partition coefficient (Wildman–Crippen LogP) is 3.02. The van der Waals surface area contributed by atoms with Crippen molar-refractivity contribution in [2.45, 2.75) is 25.8 Å². The molecular formula is C22H22FN5O2S. The summed E-state index contributed by atoms with van der Waals surface area (Å²) in [6.45, 7) is 2.17. The van der Waals surface area contributed by atoms with Crippen LogP contribution in [0, 0.1) is 12.7 Å². The van der Waals surface area contributed by atoms with Crippen LogP contribution in [0.2, 0.25) is 0 Å². The molecule has 0 radical (unpaired) electrons. The summed E-state index contributed by atoms with van der Waals surface area (Å²) in [5.74, 6) is -0.715. The zero-order valence-corrected chi connectivity index (χ0v) is 17.8. The second-order valence-corrected chi connectivity index (χ2v) is 7.60. The van der Waals surface area contributed by atoms with E-state index in [4.69, 9.17) is 17.0 Å². The molecule has 0 aliphatic heterocycles. The van der Waals surface area contributed by atoms with Gasteiger partial charge in [-0.2, -0.15) is 9.90 Å². The Morgan fingerprint density at radius 3 is 2.84 bits per heavy atom. The first-order chi connectivity index (χ1) is 15.0. The number of aromatic nitrogens is 3. The second-order valence-electron chi connectivity index (χ2n) is 7.19. The molecule has 0 fully saturated rings. The van der Waals surface area contributed by atoms with Gasteiger partial charge in [-0.05, 0) is 61.3 Å². The fourth-order valence-electron chi connectivity index (χ4n) is 3.59. The second kappa shape index (κ2) is 9.22. The minimum absolute atomic E-state index is 0.0241. The minimum Gasteiger partial charge on any atom is -0.459 e. The molecule has 1 aromatic heterocycles. The van der Waals surface area contributed by atoms with Gasteiger partial charge in [0.2, 0.25) is 0 Å². The molecule has 0 spiro atoms. The van der Waals surface area contributed by atoms with E-state index in [0.29, 0.717) is 23.8 Å². The Morgan fingerprint density at radius 2 is 2.03 bits per heavy atom. The van der Waals surface area contributed by atoms with E-state index in [1.807, 2.05) is 36.4 Å². The van der Waals surface area contributed by atoms with E-state index in [0.717, 1.165) is 23.2 Å². The Kier molecular flexibility index (Phi) is 6.22. The Hall–Kier alpha value is -3.33. The average molecular weight is 440 g/mol. The number of rotatable bonds is 6. The van der Waals surface area contributed by atoms with Crippen molar-refractivity contribution in [2.75, 3.05) is 13.2 Å². The normalized spacial score (nSPS) is 14.7. The number of carbonyl (C=O) groups is 1. The minimum atomic E-state index is -0.541. The molecule has 1 atom stereocenters. The Labute approximate surface area is 184 Å². The number of hydrogen-bond acceptors (Lipinski definition) is 5. The molecule has 1 aliphatic carbocycles. The van der Waals surface area contributed by atoms with Gasteiger partial charge in [0, 0.05) is 0 Å². The van der Waals surface area contributed by atoms with Gasteiger partial charge in [-0.15, -0.1) is 5.10 Å². The molecule has 2 N–H and O–H groups in total. The topological polar surface area (TPSA) is 81.1 Å². The van der Waals surface area contributed by atoms with E-state index in [9.17, 15) is 9.18 Å². The van der Waals surface area contributed by atoms with E-state index in [1.54, 1.807) is 13.0 Å². The maximum Gasteiger partial charge on any atom is 0.360 e. The van der Waals surface area contributed by atoms with Crippen molar-refractivity contribution >= 4 is 23.3 Å². The van der Waals surface area contributed by atoms with Crippen LogP contribution in [0.5, 0.6) is 0 Å². The van der Waals surface area contributed by atoms with Crippen LogP contribution in [-0.4, -0.2) is 39.2 Å². The maximum atomic E-state index is 13.9. The Balaban J connectivity index is 1.24. The van der Waals surface area contributed by atoms with E-state index in [2.05, 4.69) is 20.8 Å². The number of nitrogens with zero attached hydrogens (tertiary/aromatic N) is 3. The van der Waals surface area contributed by atoms with Gasteiger partial charge in [-0.25, -0.2) is 9.18 Å². The van der Waals surface area contributed by atoms with E-state index >= 15 is 0 Å². The molecular weight excluding hydrogens is 417 g/mol. The van der Waals surface area contributed by atoms with Gasteiger partial charge in [-0.1, -0.05) is 30.3 Å². The molecule has 0 amide bonds. The number of nitrogens with one attached hydrogen (secondary N) is 2. The van der Waals surface area contributed by atoms with E-state index in [1.165, 1.54) is 10.9 Å². The largest absolute Gasteiger partial charge is 0.459 e. The molecule has 1 heterocycles. The molecule has 0 saturated carbocycles. The number of ether oxygens (including phenoxy) is 1. The first-order valence-electron chi connectivity index (χ1n) is 10.0. The number of esters is 1. The van der Waals surface area contributed by atoms with Gasteiger partial charge >= 0.3 is 5.97 Å². The van der Waals surface area contributed by atoms with Gasteiger partial charge in [-0.3, -0.25) is 0 Å². The lowest BCUT2D eigenvalue weighted by atomic mass is 10.1. The van der Waals surface area contributed by atoms with Crippen LogP contribution in [0.25, 0.3) is 5.69 Å². The molecule has 2 aromatic carbocycles. The smallest absolute Gasteiger partial charge is 0.360 e. The Morgan fingerprint density at radius 1 is 1.23 bits per heavy atom. The van der Waals surface area contributed by atoms with Crippen LogP contribution >= 0.6 is 12.2 Å². The van der Waals surface area contributed by atoms with Crippen molar-refractivity contribution in [3.63, 3.8) is 0 Å². The zero-order chi connectivity index (χ0) is 21.8. The third kappa shape index (κ3) is 4.72. The third-order valence-electron chi connectivity index (χ3n) is 5.10. The van der Waals surface area contributed by atoms with Gasteiger partial charge in [0.15, 0.2) is 10.8 Å². The fraction of sp³-hybridized carbons (Fsp3) is 0.273. The van der Waals surface area contributed by atoms with Crippen molar-refractivity contribution in [3.05, 3.63) is 76.9 Å². The van der Waals surface area contributed by atoms with Gasteiger partial charge in [0.1, 0.15) is 12.4 Å². The van der Waals surface area contributed by atoms with Crippen LogP contribution in [0.15, 0.2) is 48.5 Å². The molecule has 7 nitrogen and oxygen atoms in total. The van der Waals surface area contributed by atoms with Gasteiger partial charge in [0.05, 0.1) is 24.0 Å². The first kappa shape index (κ1) is 20.9. The van der Waals surface area contributed by atoms with Crippen LogP contribution in [0.4, 0.5) is 4.39 Å². The SMILES string of the molecule is Cc1nn(-c2ccccc2)nc1C(=O)OCCNC(=S)NC1CCc2c(F)cccc21. The molecule has 0 saturated heterocycles. The summed E-state index contributed by atoms with van der Waals surface area (Å²) in [6, 6.07) is 14.4. The molecule has 0 bridgehead atoms. The fourth-order valence-corrected chi connectivity index (χ4v) is 3.83. The number of para-hydroxylation sites is 1. The summed E-state index contributed by atoms with van der Waals surface area (Å²) in [7, 11) is 0. The Bertz CT molecular complexity index is 1100. The van der Waals surface area contributed by atoms with Crippen molar-refractivity contribution in [2.24, 2.45) is 0 Å². The van der Waals surface area contributed by atoms with Crippen molar-refractivity contribution < 1.29 is 13.9 Å². The third-order valence-corrected chi connectivity index (χ3v) is 5.36. The van der Waals surface area contributed by atoms with Gasteiger partial charge < -0.3 is 15.4 Å². The molecule has 4 rings (SSSR count). The summed E-state index contributed by atoms with van der Waals surface area (Å²) in [4.78, 5) is 13.8. The van der Waals surface area contributed by atoms with Crippen LogP contribution in [-0.2, 0) is 11.2 Å². The van der Waals surface area contributed by atoms with E-state index in [-0.39, 0.29) is 24.2 Å². The molecule has 31 heavy (non-hydrogen) atoms. The zero-order valence-electron chi connectivity index (χ0n) is 17.0. The van der Waals surface area contributed by atoms with Crippen LogP contribution in [0.3, 0.4) is 0 Å². The summed E-state index contributed by atoms with van der Waals surface area (Å²) in [6.07, 6.45) is 1.46. The number of carbonyl (C=O) groups excluding carboxylic acids is 1. The summed E-state index contributed by atoms with van der Waals surface area (Å²) < 4.78 is 19.2. The average Bonchev–Trinajstić information content (AvgIpc) is 3.36. The van der Waals surface area contributed by atoms with Crippen molar-refractivity contribution in [1.29, 1.82) is 0 Å². The van der Waals surface area contributed by atoms with Crippen LogP contribution in [0.1, 0.15) is 39.8 Å². The number of benzene rings is 2. The monoisotopic (exact) mass is 439 g/mol. The number of hydrogen-bond donors (Lipinski definition) is 2. The maximum absolute atomic E-state index is 13.9. The molecule has 1 unspecified atom stereocenters. The standard InChI is InChI=1S/C22H22FN5O2S/c1-14-20(27-28(26-14)15-6-3-2-4-7-15)21(29)30-13-12-24-22(31)25-19-11-10-16-17(19)8-5-9-18(16)23/h2-9,19H,10-13H2,1H3,(H2,24,25,31). The predicted molar refractivity (Wildman–Crippen MR) is 118 cm³/mol. The van der Waals surface area contributed by atoms with E-state index < -0.39 is 5.97 Å². The lowest BCUT2D eigenvalue weighted by Gasteiger charge is -2.17. The summed E-state index contributed by atoms with van der Waals surface area (Å²) in [5.41, 5.74) is 3.11. The highest BCUT2D eigenvalue weighted by molar-refractivity contribution is 7.80. The highest BCUT2D eigenvalue weighted by Gasteiger charge is 2.25. The lowest BCUT2D eigenvalue weighted by molar-refractivity contribution is 0.0504. The number of thiocarbonyl (C=S) groups is 1. The molecule has 160 valence electrons. The summed E-state index contributed by atoms with van der Waals surface area (Å²) >= 11 is 5.32. The first-order valence-corrected chi connectivity index (χ1v) is 10.4. The van der Waals surface area contributed by atoms with Crippen molar-refractivity contribution in [1.82, 2.24) is 25.6 Å². The quantitative estimate of drug-likeness (QED) is 0.347. The van der Waals surface area contributed by atoms with Crippen molar-refractivity contribution in [3.8, 4) is 5.69 Å². The molecule has 3 aromatic rings. The molecule has 1 aliphatic rings. The lowest BCUT2D eigenvalue weighted by Crippen LogP contribution is -2.38. The van der Waals surface area contributed by atoms with Crippen LogP contribution < -0.4 is 10.6 Å². The number of halogens is 1. The number of aryl methyl sites for hydroxylation is 1. The molecule has 9 heteroatoms.